The summed E-state index contributed by atoms with van der Waals surface area (Å²) in [4.78, 5) is 0. The summed E-state index contributed by atoms with van der Waals surface area (Å²) in [5.74, 6) is -0.376. The van der Waals surface area contributed by atoms with Gasteiger partial charge in [-0.1, -0.05) is 15.9 Å². The van der Waals surface area contributed by atoms with Crippen LogP contribution in [0.25, 0.3) is 10.9 Å². The smallest absolute Gasteiger partial charge is 0.152 e. The van der Waals surface area contributed by atoms with Gasteiger partial charge in [0.05, 0.1) is 11.2 Å². The second-order valence-electron chi connectivity index (χ2n) is 6.86. The van der Waals surface area contributed by atoms with Crippen LogP contribution in [-0.2, 0) is 23.9 Å². The molecule has 0 aliphatic heterocycles. The van der Waals surface area contributed by atoms with Crippen LogP contribution in [0.1, 0.15) is 40.3 Å². The minimum absolute atomic E-state index is 0.317. The van der Waals surface area contributed by atoms with Crippen LogP contribution in [0, 0.1) is 5.82 Å². The molecule has 1 aromatic heterocycles. The van der Waals surface area contributed by atoms with Crippen molar-refractivity contribution in [3.8, 4) is 0 Å². The first kappa shape index (κ1) is 17.7. The number of rotatable bonds is 3. The SMILES string of the molecule is Cn1nc2c(F)cc(Br)cc2c1C(C)(C)N[S+]([O-])C(C)(C)C. The van der Waals surface area contributed by atoms with Crippen LogP contribution in [0.2, 0.25) is 0 Å². The molecule has 0 amide bonds. The zero-order chi connectivity index (χ0) is 16.9. The molecular formula is C15H21BrFN3OS. The predicted octanol–water partition coefficient (Wildman–Crippen LogP) is 3.76. The Morgan fingerprint density at radius 3 is 2.41 bits per heavy atom. The molecule has 1 unspecified atom stereocenters. The number of aryl methyl sites for hydroxylation is 1. The molecule has 0 fully saturated rings. The molecule has 0 bridgehead atoms. The van der Waals surface area contributed by atoms with Crippen molar-refractivity contribution >= 4 is 38.2 Å². The monoisotopic (exact) mass is 389 g/mol. The van der Waals surface area contributed by atoms with E-state index in [1.807, 2.05) is 40.7 Å². The summed E-state index contributed by atoms with van der Waals surface area (Å²) in [6.07, 6.45) is 0. The van der Waals surface area contributed by atoms with Crippen LogP contribution in [0.4, 0.5) is 4.39 Å². The summed E-state index contributed by atoms with van der Waals surface area (Å²) in [5.41, 5.74) is 0.479. The third kappa shape index (κ3) is 3.32. The van der Waals surface area contributed by atoms with Crippen molar-refractivity contribution in [2.75, 3.05) is 0 Å². The normalized spacial score (nSPS) is 14.6. The van der Waals surface area contributed by atoms with Crippen molar-refractivity contribution in [3.63, 3.8) is 0 Å². The van der Waals surface area contributed by atoms with Crippen LogP contribution in [0.15, 0.2) is 16.6 Å². The number of nitrogens with zero attached hydrogens (tertiary/aromatic N) is 2. The van der Waals surface area contributed by atoms with Gasteiger partial charge in [-0.3, -0.25) is 4.68 Å². The number of halogens is 2. The molecule has 4 nitrogen and oxygen atoms in total. The Hall–Kier alpha value is -0.630. The summed E-state index contributed by atoms with van der Waals surface area (Å²) in [7, 11) is 1.77. The predicted molar refractivity (Wildman–Crippen MR) is 92.4 cm³/mol. The third-order valence-corrected chi connectivity index (χ3v) is 5.62. The van der Waals surface area contributed by atoms with Gasteiger partial charge in [0.25, 0.3) is 0 Å². The standard InChI is InChI=1S/C15H21BrFN3OS/c1-14(2,3)22(21)19-15(4,5)13-10-7-9(16)8-11(17)12(10)18-20(13)6/h7-8,19H,1-6H3. The maximum Gasteiger partial charge on any atom is 0.152 e. The lowest BCUT2D eigenvalue weighted by Gasteiger charge is -2.32. The van der Waals surface area contributed by atoms with Gasteiger partial charge in [-0.2, -0.15) is 5.10 Å². The fourth-order valence-electron chi connectivity index (χ4n) is 2.40. The summed E-state index contributed by atoms with van der Waals surface area (Å²) in [6, 6.07) is 3.23. The Balaban J connectivity index is 2.56. The second-order valence-corrected chi connectivity index (χ2v) is 9.75. The molecule has 0 aliphatic rings. The van der Waals surface area contributed by atoms with Gasteiger partial charge in [-0.15, -0.1) is 4.72 Å². The molecular weight excluding hydrogens is 369 g/mol. The van der Waals surface area contributed by atoms with E-state index >= 15 is 0 Å². The number of benzene rings is 1. The summed E-state index contributed by atoms with van der Waals surface area (Å²) < 4.78 is 31.6. The largest absolute Gasteiger partial charge is 0.598 e. The Bertz CT molecular complexity index is 709. The topological polar surface area (TPSA) is 52.9 Å². The summed E-state index contributed by atoms with van der Waals surface area (Å²) in [5, 5.41) is 4.98. The van der Waals surface area contributed by atoms with E-state index in [9.17, 15) is 8.94 Å². The third-order valence-electron chi connectivity index (χ3n) is 3.35. The van der Waals surface area contributed by atoms with E-state index in [4.69, 9.17) is 0 Å². The highest BCUT2D eigenvalue weighted by Gasteiger charge is 2.37. The fourth-order valence-corrected chi connectivity index (χ4v) is 3.69. The molecule has 22 heavy (non-hydrogen) atoms. The summed E-state index contributed by atoms with van der Waals surface area (Å²) >= 11 is 2.07. The van der Waals surface area contributed by atoms with Crippen LogP contribution in [0.3, 0.4) is 0 Å². The first-order valence-corrected chi connectivity index (χ1v) is 8.89. The molecule has 0 saturated heterocycles. The first-order chi connectivity index (χ1) is 9.93. The number of fused-ring (bicyclic) bond motifs is 1. The Labute approximate surface area is 141 Å². The lowest BCUT2D eigenvalue weighted by Crippen LogP contribution is -2.49. The van der Waals surface area contributed by atoms with E-state index in [0.717, 1.165) is 5.69 Å². The fraction of sp³-hybridized carbons (Fsp3) is 0.533. The minimum Gasteiger partial charge on any atom is -0.598 e. The van der Waals surface area contributed by atoms with Crippen molar-refractivity contribution in [3.05, 3.63) is 28.1 Å². The maximum absolute atomic E-state index is 14.1. The molecule has 7 heteroatoms. The van der Waals surface area contributed by atoms with Crippen molar-refractivity contribution < 1.29 is 8.94 Å². The number of hydrogen-bond acceptors (Lipinski definition) is 3. The number of aromatic nitrogens is 2. The minimum atomic E-state index is -1.25. The van der Waals surface area contributed by atoms with E-state index < -0.39 is 21.6 Å². The highest BCUT2D eigenvalue weighted by atomic mass is 79.9. The highest BCUT2D eigenvalue weighted by Crippen LogP contribution is 2.33. The van der Waals surface area contributed by atoms with Gasteiger partial charge >= 0.3 is 0 Å². The van der Waals surface area contributed by atoms with E-state index in [-0.39, 0.29) is 5.82 Å². The molecule has 2 rings (SSSR count). The van der Waals surface area contributed by atoms with Gasteiger partial charge in [0, 0.05) is 28.3 Å². The molecule has 1 heterocycles. The zero-order valence-electron chi connectivity index (χ0n) is 13.6. The first-order valence-electron chi connectivity index (χ1n) is 6.95. The van der Waals surface area contributed by atoms with Gasteiger partial charge in [-0.25, -0.2) is 4.39 Å². The molecule has 122 valence electrons. The van der Waals surface area contributed by atoms with Gasteiger partial charge in [-0.05, 0) is 46.8 Å². The van der Waals surface area contributed by atoms with Crippen LogP contribution in [0.5, 0.6) is 0 Å². The summed E-state index contributed by atoms with van der Waals surface area (Å²) in [6.45, 7) is 9.56. The molecule has 2 aromatic rings. The van der Waals surface area contributed by atoms with E-state index in [2.05, 4.69) is 25.8 Å². The molecule has 0 aliphatic carbocycles. The van der Waals surface area contributed by atoms with Crippen molar-refractivity contribution in [2.45, 2.75) is 44.9 Å². The highest BCUT2D eigenvalue weighted by molar-refractivity contribution is 9.10. The maximum atomic E-state index is 14.1. The molecule has 0 spiro atoms. The van der Waals surface area contributed by atoms with Crippen LogP contribution in [-0.4, -0.2) is 19.1 Å². The molecule has 0 radical (unpaired) electrons. The van der Waals surface area contributed by atoms with Crippen molar-refractivity contribution in [2.24, 2.45) is 7.05 Å². The Kier molecular flexibility index (Phi) is 4.65. The van der Waals surface area contributed by atoms with Crippen molar-refractivity contribution in [1.82, 2.24) is 14.5 Å². The lowest BCUT2D eigenvalue weighted by atomic mass is 9.98. The van der Waals surface area contributed by atoms with E-state index in [0.29, 0.717) is 15.4 Å². The van der Waals surface area contributed by atoms with Crippen LogP contribution < -0.4 is 4.72 Å². The second kappa shape index (κ2) is 5.78. The average Bonchev–Trinajstić information content (AvgIpc) is 2.64. The Morgan fingerprint density at radius 2 is 1.86 bits per heavy atom. The molecule has 1 N–H and O–H groups in total. The lowest BCUT2D eigenvalue weighted by molar-refractivity contribution is 0.431. The zero-order valence-corrected chi connectivity index (χ0v) is 16.0. The quantitative estimate of drug-likeness (QED) is 0.812. The van der Waals surface area contributed by atoms with Gasteiger partial charge in [0.2, 0.25) is 0 Å². The van der Waals surface area contributed by atoms with Crippen molar-refractivity contribution in [1.29, 1.82) is 0 Å². The van der Waals surface area contributed by atoms with Gasteiger partial charge in [0.15, 0.2) is 5.82 Å². The average molecular weight is 390 g/mol. The molecule has 1 atom stereocenters. The van der Waals surface area contributed by atoms with E-state index in [1.54, 1.807) is 11.7 Å². The molecule has 0 saturated carbocycles. The van der Waals surface area contributed by atoms with Crippen LogP contribution >= 0.6 is 15.9 Å². The Morgan fingerprint density at radius 1 is 1.27 bits per heavy atom. The number of hydrogen-bond donors (Lipinski definition) is 1. The van der Waals surface area contributed by atoms with Gasteiger partial charge in [0.1, 0.15) is 10.3 Å². The molecule has 1 aromatic carbocycles. The van der Waals surface area contributed by atoms with Gasteiger partial charge < -0.3 is 4.55 Å². The van der Waals surface area contributed by atoms with E-state index in [1.165, 1.54) is 6.07 Å². The number of nitrogens with one attached hydrogen (secondary N) is 1.